The molecule has 1 aliphatic heterocycles. The van der Waals surface area contributed by atoms with Gasteiger partial charge in [-0.25, -0.2) is 0 Å². The van der Waals surface area contributed by atoms with E-state index < -0.39 is 0 Å². The second-order valence-electron chi connectivity index (χ2n) is 8.32. The van der Waals surface area contributed by atoms with E-state index in [4.69, 9.17) is 0 Å². The first kappa shape index (κ1) is 19.9. The first-order chi connectivity index (χ1) is 12.9. The Hall–Kier alpha value is -0.900. The van der Waals surface area contributed by atoms with Crippen molar-refractivity contribution in [1.29, 1.82) is 0 Å². The standard InChI is InChI=1S/C23H39N3/c1-2-8-23(9-3-1)13-17-26-20-18-25(19-21-26)16-7-6-14-24-15-12-22-10-4-5-11-22/h1-3,8-9,22,24H,4-7,10-21H2. The third kappa shape index (κ3) is 7.38. The van der Waals surface area contributed by atoms with Crippen molar-refractivity contribution in [2.45, 2.75) is 51.4 Å². The van der Waals surface area contributed by atoms with Crippen molar-refractivity contribution in [3.63, 3.8) is 0 Å². The van der Waals surface area contributed by atoms with E-state index in [1.54, 1.807) is 0 Å². The molecule has 3 rings (SSSR count). The molecule has 0 spiro atoms. The number of piperazine rings is 1. The summed E-state index contributed by atoms with van der Waals surface area (Å²) in [5.74, 6) is 1.03. The molecule has 1 N–H and O–H groups in total. The summed E-state index contributed by atoms with van der Waals surface area (Å²) >= 11 is 0. The number of benzene rings is 1. The number of rotatable bonds is 11. The number of hydrogen-bond acceptors (Lipinski definition) is 3. The zero-order valence-corrected chi connectivity index (χ0v) is 16.7. The van der Waals surface area contributed by atoms with Crippen molar-refractivity contribution >= 4 is 0 Å². The van der Waals surface area contributed by atoms with E-state index in [9.17, 15) is 0 Å². The van der Waals surface area contributed by atoms with Crippen LogP contribution in [0.5, 0.6) is 0 Å². The highest BCUT2D eigenvalue weighted by Gasteiger charge is 2.16. The van der Waals surface area contributed by atoms with Crippen LogP contribution in [0.3, 0.4) is 0 Å². The Morgan fingerprint density at radius 3 is 2.23 bits per heavy atom. The van der Waals surface area contributed by atoms with Gasteiger partial charge in [0.25, 0.3) is 0 Å². The predicted octanol–water partition coefficient (Wildman–Crippen LogP) is 3.80. The number of unbranched alkanes of at least 4 members (excludes halogenated alkanes) is 1. The molecule has 1 aromatic carbocycles. The highest BCUT2D eigenvalue weighted by Crippen LogP contribution is 2.26. The maximum Gasteiger partial charge on any atom is 0.0110 e. The molecule has 3 heteroatoms. The van der Waals surface area contributed by atoms with E-state index in [-0.39, 0.29) is 0 Å². The Morgan fingerprint density at radius 1 is 0.808 bits per heavy atom. The minimum Gasteiger partial charge on any atom is -0.317 e. The summed E-state index contributed by atoms with van der Waals surface area (Å²) in [6.07, 6.45) is 11.2. The number of nitrogens with one attached hydrogen (secondary N) is 1. The van der Waals surface area contributed by atoms with Crippen molar-refractivity contribution in [2.24, 2.45) is 5.92 Å². The van der Waals surface area contributed by atoms with Crippen molar-refractivity contribution in [3.05, 3.63) is 35.9 Å². The molecule has 1 saturated heterocycles. The summed E-state index contributed by atoms with van der Waals surface area (Å²) < 4.78 is 0. The Labute approximate surface area is 161 Å². The quantitative estimate of drug-likeness (QED) is 0.608. The molecule has 3 nitrogen and oxygen atoms in total. The summed E-state index contributed by atoms with van der Waals surface area (Å²) in [7, 11) is 0. The van der Waals surface area contributed by atoms with Gasteiger partial charge in [0.15, 0.2) is 0 Å². The minimum absolute atomic E-state index is 1.03. The maximum absolute atomic E-state index is 3.66. The van der Waals surface area contributed by atoms with Crippen LogP contribution >= 0.6 is 0 Å². The lowest BCUT2D eigenvalue weighted by Gasteiger charge is -2.34. The van der Waals surface area contributed by atoms with Crippen LogP contribution in [0.1, 0.15) is 50.5 Å². The first-order valence-electron chi connectivity index (χ1n) is 11.1. The largest absolute Gasteiger partial charge is 0.317 e. The lowest BCUT2D eigenvalue weighted by atomic mass is 10.0. The van der Waals surface area contributed by atoms with Crippen molar-refractivity contribution in [3.8, 4) is 0 Å². The second kappa shape index (κ2) is 11.7. The molecular weight excluding hydrogens is 318 g/mol. The van der Waals surface area contributed by atoms with E-state index in [0.717, 1.165) is 5.92 Å². The highest BCUT2D eigenvalue weighted by molar-refractivity contribution is 5.14. The molecule has 1 aromatic rings. The van der Waals surface area contributed by atoms with Crippen LogP contribution in [0.15, 0.2) is 30.3 Å². The molecule has 0 unspecified atom stereocenters. The van der Waals surface area contributed by atoms with Crippen LogP contribution in [0.2, 0.25) is 0 Å². The van der Waals surface area contributed by atoms with Gasteiger partial charge in [-0.15, -0.1) is 0 Å². The fraction of sp³-hybridized carbons (Fsp3) is 0.739. The minimum atomic E-state index is 1.03. The lowest BCUT2D eigenvalue weighted by molar-refractivity contribution is 0.132. The number of nitrogens with zero attached hydrogens (tertiary/aromatic N) is 2. The van der Waals surface area contributed by atoms with Crippen LogP contribution < -0.4 is 5.32 Å². The molecule has 1 aliphatic carbocycles. The van der Waals surface area contributed by atoms with Gasteiger partial charge in [0.2, 0.25) is 0 Å². The van der Waals surface area contributed by atoms with E-state index in [0.29, 0.717) is 0 Å². The molecule has 0 amide bonds. The molecule has 0 radical (unpaired) electrons. The predicted molar refractivity (Wildman–Crippen MR) is 112 cm³/mol. The summed E-state index contributed by atoms with van der Waals surface area (Å²) in [5.41, 5.74) is 1.47. The van der Waals surface area contributed by atoms with Crippen molar-refractivity contribution < 1.29 is 0 Å². The fourth-order valence-corrected chi connectivity index (χ4v) is 4.48. The summed E-state index contributed by atoms with van der Waals surface area (Å²) in [6.45, 7) is 9.95. The third-order valence-electron chi connectivity index (χ3n) is 6.31. The molecule has 1 heterocycles. The van der Waals surface area contributed by atoms with Crippen LogP contribution in [0.4, 0.5) is 0 Å². The summed E-state index contributed by atoms with van der Waals surface area (Å²) in [4.78, 5) is 5.30. The smallest absolute Gasteiger partial charge is 0.0110 e. The van der Waals surface area contributed by atoms with Gasteiger partial charge < -0.3 is 15.1 Å². The van der Waals surface area contributed by atoms with Gasteiger partial charge in [-0.3, -0.25) is 0 Å². The van der Waals surface area contributed by atoms with Crippen LogP contribution in [0.25, 0.3) is 0 Å². The van der Waals surface area contributed by atoms with Gasteiger partial charge in [0.05, 0.1) is 0 Å². The van der Waals surface area contributed by atoms with Gasteiger partial charge >= 0.3 is 0 Å². The average molecular weight is 358 g/mol. The molecule has 0 aromatic heterocycles. The molecule has 26 heavy (non-hydrogen) atoms. The fourth-order valence-electron chi connectivity index (χ4n) is 4.48. The van der Waals surface area contributed by atoms with Crippen LogP contribution in [0, 0.1) is 5.92 Å². The Balaban J connectivity index is 1.15. The monoisotopic (exact) mass is 357 g/mol. The topological polar surface area (TPSA) is 18.5 Å². The van der Waals surface area contributed by atoms with E-state index in [2.05, 4.69) is 45.4 Å². The molecular formula is C23H39N3. The van der Waals surface area contributed by atoms with Crippen LogP contribution in [-0.4, -0.2) is 62.2 Å². The summed E-state index contributed by atoms with van der Waals surface area (Å²) in [6, 6.07) is 10.9. The normalized spacial score (nSPS) is 20.0. The van der Waals surface area contributed by atoms with Crippen molar-refractivity contribution in [1.82, 2.24) is 15.1 Å². The van der Waals surface area contributed by atoms with Gasteiger partial charge in [-0.05, 0) is 56.8 Å². The van der Waals surface area contributed by atoms with E-state index in [1.165, 1.54) is 109 Å². The third-order valence-corrected chi connectivity index (χ3v) is 6.31. The Kier molecular flexibility index (Phi) is 8.96. The molecule has 146 valence electrons. The molecule has 0 atom stereocenters. The first-order valence-corrected chi connectivity index (χ1v) is 11.1. The second-order valence-corrected chi connectivity index (χ2v) is 8.32. The van der Waals surface area contributed by atoms with Gasteiger partial charge in [-0.2, -0.15) is 0 Å². The molecule has 0 bridgehead atoms. The van der Waals surface area contributed by atoms with E-state index >= 15 is 0 Å². The SMILES string of the molecule is c1ccc(CCN2CCN(CCCCNCCC3CCCC3)CC2)cc1. The molecule has 1 saturated carbocycles. The van der Waals surface area contributed by atoms with E-state index in [1.807, 2.05) is 0 Å². The van der Waals surface area contributed by atoms with Gasteiger partial charge in [-0.1, -0.05) is 56.0 Å². The maximum atomic E-state index is 3.66. The Bertz CT molecular complexity index is 462. The molecule has 2 aliphatic rings. The average Bonchev–Trinajstić information content (AvgIpc) is 3.21. The van der Waals surface area contributed by atoms with Gasteiger partial charge in [0, 0.05) is 32.7 Å². The Morgan fingerprint density at radius 2 is 1.50 bits per heavy atom. The highest BCUT2D eigenvalue weighted by atomic mass is 15.3. The van der Waals surface area contributed by atoms with Gasteiger partial charge in [0.1, 0.15) is 0 Å². The zero-order valence-electron chi connectivity index (χ0n) is 16.7. The van der Waals surface area contributed by atoms with Crippen LogP contribution in [-0.2, 0) is 6.42 Å². The lowest BCUT2D eigenvalue weighted by Crippen LogP contribution is -2.47. The molecule has 2 fully saturated rings. The summed E-state index contributed by atoms with van der Waals surface area (Å²) in [5, 5.41) is 3.66. The zero-order chi connectivity index (χ0) is 17.9. The number of hydrogen-bond donors (Lipinski definition) is 1. The van der Waals surface area contributed by atoms with Crippen molar-refractivity contribution in [2.75, 3.05) is 52.4 Å².